The third-order valence-corrected chi connectivity index (χ3v) is 1.94. The van der Waals surface area contributed by atoms with Gasteiger partial charge in [0.2, 0.25) is 0 Å². The predicted molar refractivity (Wildman–Crippen MR) is 55.7 cm³/mol. The molecule has 79 valence electrons. The fourth-order valence-corrected chi connectivity index (χ4v) is 1.14. The number of carbonyl (C=O) groups excluding carboxylic acids is 1. The van der Waals surface area contributed by atoms with Crippen LogP contribution in [0.1, 0.15) is 31.1 Å². The van der Waals surface area contributed by atoms with Gasteiger partial charge in [0, 0.05) is 17.5 Å². The van der Waals surface area contributed by atoms with Gasteiger partial charge in [-0.3, -0.25) is 14.9 Å². The van der Waals surface area contributed by atoms with E-state index in [0.29, 0.717) is 0 Å². The van der Waals surface area contributed by atoms with E-state index < -0.39 is 10.3 Å². The molecule has 0 fully saturated rings. The number of ketones is 1. The first kappa shape index (κ1) is 11.4. The van der Waals surface area contributed by atoms with Crippen molar-refractivity contribution in [3.8, 4) is 0 Å². The molecule has 0 heterocycles. The Bertz CT molecular complexity index is 405. The lowest BCUT2D eigenvalue weighted by molar-refractivity contribution is -0.385. The summed E-state index contributed by atoms with van der Waals surface area (Å²) in [4.78, 5) is 22.0. The highest BCUT2D eigenvalue weighted by molar-refractivity contribution is 6.02. The van der Waals surface area contributed by atoms with Crippen molar-refractivity contribution in [3.63, 3.8) is 0 Å². The molecule has 0 N–H and O–H groups in total. The van der Waals surface area contributed by atoms with E-state index in [-0.39, 0.29) is 17.0 Å². The van der Waals surface area contributed by atoms with Gasteiger partial charge in [0.25, 0.3) is 5.69 Å². The van der Waals surface area contributed by atoms with E-state index in [0.717, 1.165) is 0 Å². The molecule has 0 saturated heterocycles. The highest BCUT2D eigenvalue weighted by atomic mass is 16.6. The normalized spacial score (nSPS) is 11.1. The molecule has 0 aliphatic rings. The summed E-state index contributed by atoms with van der Waals surface area (Å²) >= 11 is 0. The molecule has 1 rings (SSSR count). The van der Waals surface area contributed by atoms with Crippen molar-refractivity contribution >= 4 is 11.5 Å². The molecule has 0 bridgehead atoms. The Morgan fingerprint density at radius 1 is 1.47 bits per heavy atom. The Morgan fingerprint density at radius 3 is 2.53 bits per heavy atom. The summed E-state index contributed by atoms with van der Waals surface area (Å²) in [6, 6.07) is 6.95. The number of nitro groups is 1. The fourth-order valence-electron chi connectivity index (χ4n) is 1.14. The van der Waals surface area contributed by atoms with Crippen molar-refractivity contribution in [2.45, 2.75) is 20.8 Å². The summed E-state index contributed by atoms with van der Waals surface area (Å²) in [7, 11) is 0. The number of nitro benzene ring substituents is 1. The summed E-state index contributed by atoms with van der Waals surface area (Å²) in [6.45, 7) is 5.17. The molecule has 0 atom stereocenters. The highest BCUT2D eigenvalue weighted by Gasteiger charge is 2.28. The Hall–Kier alpha value is -1.71. The van der Waals surface area contributed by atoms with Crippen LogP contribution in [0.2, 0.25) is 0 Å². The molecule has 15 heavy (non-hydrogen) atoms. The predicted octanol–water partition coefficient (Wildman–Crippen LogP) is 2.62. The lowest BCUT2D eigenvalue weighted by Crippen LogP contribution is -2.21. The van der Waals surface area contributed by atoms with Crippen molar-refractivity contribution in [1.29, 1.82) is 0 Å². The summed E-state index contributed by atoms with van der Waals surface area (Å²) in [5.41, 5.74) is -0.768. The molecule has 0 aromatic heterocycles. The molecule has 0 aliphatic heterocycles. The fraction of sp³-hybridized carbons (Fsp3) is 0.364. The zero-order valence-electron chi connectivity index (χ0n) is 8.90. The first-order chi connectivity index (χ1) is 6.84. The van der Waals surface area contributed by atoms with E-state index in [2.05, 4.69) is 6.07 Å². The standard InChI is InChI=1S/C11H12NO3/c1-11(2,3)10(13)8-6-4-5-7-9(8)12(14)15/h4-5,7H,1-3H3. The van der Waals surface area contributed by atoms with E-state index in [1.807, 2.05) is 0 Å². The quantitative estimate of drug-likeness (QED) is 0.424. The Morgan fingerprint density at radius 2 is 2.07 bits per heavy atom. The second-order valence-corrected chi connectivity index (χ2v) is 4.27. The number of hydrogen-bond donors (Lipinski definition) is 0. The van der Waals surface area contributed by atoms with Crippen molar-refractivity contribution in [1.82, 2.24) is 0 Å². The Kier molecular flexibility index (Phi) is 2.88. The highest BCUT2D eigenvalue weighted by Crippen LogP contribution is 2.26. The maximum absolute atomic E-state index is 11.9. The van der Waals surface area contributed by atoms with Gasteiger partial charge in [0.05, 0.1) is 4.92 Å². The smallest absolute Gasteiger partial charge is 0.280 e. The van der Waals surface area contributed by atoms with Gasteiger partial charge >= 0.3 is 0 Å². The van der Waals surface area contributed by atoms with Gasteiger partial charge in [-0.1, -0.05) is 32.9 Å². The first-order valence-corrected chi connectivity index (χ1v) is 4.54. The van der Waals surface area contributed by atoms with Gasteiger partial charge in [0.1, 0.15) is 5.56 Å². The first-order valence-electron chi connectivity index (χ1n) is 4.54. The van der Waals surface area contributed by atoms with Gasteiger partial charge in [-0.05, 0) is 0 Å². The maximum Gasteiger partial charge on any atom is 0.280 e. The van der Waals surface area contributed by atoms with E-state index in [1.54, 1.807) is 20.8 Å². The largest absolute Gasteiger partial charge is 0.293 e. The van der Waals surface area contributed by atoms with Crippen molar-refractivity contribution in [2.75, 3.05) is 0 Å². The van der Waals surface area contributed by atoms with E-state index >= 15 is 0 Å². The van der Waals surface area contributed by atoms with Crippen molar-refractivity contribution in [3.05, 3.63) is 39.9 Å². The van der Waals surface area contributed by atoms with Crippen LogP contribution in [-0.4, -0.2) is 10.7 Å². The maximum atomic E-state index is 11.9. The van der Waals surface area contributed by atoms with Crippen LogP contribution in [0.4, 0.5) is 5.69 Å². The molecule has 1 radical (unpaired) electrons. The Labute approximate surface area is 88.1 Å². The summed E-state index contributed by atoms with van der Waals surface area (Å²) in [5.74, 6) is -0.269. The van der Waals surface area contributed by atoms with E-state index in [9.17, 15) is 14.9 Å². The SMILES string of the molecule is CC(C)(C)C(=O)c1[c]cccc1[N+](=O)[O-]. The molecule has 4 heteroatoms. The average Bonchev–Trinajstić information content (AvgIpc) is 2.15. The number of hydrogen-bond acceptors (Lipinski definition) is 3. The summed E-state index contributed by atoms with van der Waals surface area (Å²) in [6.07, 6.45) is 0. The third-order valence-electron chi connectivity index (χ3n) is 1.94. The van der Waals surface area contributed by atoms with Crippen LogP contribution in [0.15, 0.2) is 18.2 Å². The van der Waals surface area contributed by atoms with Gasteiger partial charge in [-0.15, -0.1) is 0 Å². The molecular weight excluding hydrogens is 194 g/mol. The van der Waals surface area contributed by atoms with Gasteiger partial charge < -0.3 is 0 Å². The monoisotopic (exact) mass is 206 g/mol. The summed E-state index contributed by atoms with van der Waals surface area (Å²) in [5, 5.41) is 10.7. The number of Topliss-reactive ketones (excluding diaryl/α,β-unsaturated/α-hetero) is 1. The minimum absolute atomic E-state index is 0.0509. The van der Waals surface area contributed by atoms with E-state index in [1.165, 1.54) is 18.2 Å². The minimum Gasteiger partial charge on any atom is -0.293 e. The minimum atomic E-state index is -0.636. The van der Waals surface area contributed by atoms with Gasteiger partial charge in [-0.2, -0.15) is 0 Å². The average molecular weight is 206 g/mol. The van der Waals surface area contributed by atoms with Crippen molar-refractivity contribution in [2.24, 2.45) is 5.41 Å². The second kappa shape index (κ2) is 3.81. The molecule has 0 spiro atoms. The van der Waals surface area contributed by atoms with Crippen LogP contribution in [0.5, 0.6) is 0 Å². The lowest BCUT2D eigenvalue weighted by atomic mass is 9.86. The number of rotatable bonds is 2. The van der Waals surface area contributed by atoms with Crippen LogP contribution in [0.25, 0.3) is 0 Å². The molecule has 0 unspecified atom stereocenters. The third kappa shape index (κ3) is 2.40. The zero-order valence-corrected chi connectivity index (χ0v) is 8.90. The van der Waals surface area contributed by atoms with Gasteiger partial charge in [-0.25, -0.2) is 0 Å². The number of carbonyl (C=O) groups is 1. The van der Waals surface area contributed by atoms with Crippen LogP contribution in [0, 0.1) is 21.6 Å². The molecule has 1 aromatic rings. The lowest BCUT2D eigenvalue weighted by Gasteiger charge is -2.15. The molecule has 0 amide bonds. The van der Waals surface area contributed by atoms with Crippen LogP contribution in [-0.2, 0) is 0 Å². The topological polar surface area (TPSA) is 60.2 Å². The second-order valence-electron chi connectivity index (χ2n) is 4.27. The molecule has 0 saturated carbocycles. The van der Waals surface area contributed by atoms with Gasteiger partial charge in [0.15, 0.2) is 5.78 Å². The van der Waals surface area contributed by atoms with Crippen LogP contribution in [0.3, 0.4) is 0 Å². The molecule has 1 aromatic carbocycles. The summed E-state index contributed by atoms with van der Waals surface area (Å²) < 4.78 is 0. The van der Waals surface area contributed by atoms with Crippen molar-refractivity contribution < 1.29 is 9.72 Å². The Balaban J connectivity index is 3.26. The van der Waals surface area contributed by atoms with Crippen LogP contribution >= 0.6 is 0 Å². The number of benzene rings is 1. The molecule has 4 nitrogen and oxygen atoms in total. The zero-order chi connectivity index (χ0) is 11.6. The number of nitrogens with zero attached hydrogens (tertiary/aromatic N) is 1. The van der Waals surface area contributed by atoms with Crippen LogP contribution < -0.4 is 0 Å². The molecular formula is C11H12NO3. The van der Waals surface area contributed by atoms with E-state index in [4.69, 9.17) is 0 Å². The molecule has 0 aliphatic carbocycles.